The summed E-state index contributed by atoms with van der Waals surface area (Å²) in [6.07, 6.45) is 6.31. The number of hydrogen-bond acceptors (Lipinski definition) is 4. The zero-order valence-electron chi connectivity index (χ0n) is 10.7. The van der Waals surface area contributed by atoms with Crippen molar-refractivity contribution in [3.8, 4) is 0 Å². The average molecular weight is 256 g/mol. The molecule has 4 heteroatoms. The maximum atomic E-state index is 10.3. The lowest BCUT2D eigenvalue weighted by molar-refractivity contribution is 0.286. The van der Waals surface area contributed by atoms with Crippen LogP contribution >= 0.6 is 0 Å². The molecule has 0 bridgehead atoms. The van der Waals surface area contributed by atoms with Gasteiger partial charge in [0.25, 0.3) is 0 Å². The lowest BCUT2D eigenvalue weighted by Gasteiger charge is -2.29. The Labute approximate surface area is 112 Å². The Balaban J connectivity index is 1.98. The Morgan fingerprint density at radius 1 is 0.947 bits per heavy atom. The molecule has 0 amide bonds. The van der Waals surface area contributed by atoms with Crippen LogP contribution in [0.4, 0.5) is 0 Å². The van der Waals surface area contributed by atoms with Crippen LogP contribution in [-0.4, -0.2) is 18.3 Å². The Hall–Kier alpha value is -2.02. The molecule has 1 aliphatic rings. The first-order chi connectivity index (χ1) is 9.35. The van der Waals surface area contributed by atoms with E-state index in [0.29, 0.717) is 5.92 Å². The maximum Gasteiger partial charge on any atom is 0.237 e. The number of carbonyl (C=O) groups excluding carboxylic acids is 2. The van der Waals surface area contributed by atoms with Gasteiger partial charge in [-0.3, -0.25) is 0 Å². The van der Waals surface area contributed by atoms with E-state index in [2.05, 4.69) is 34.3 Å². The van der Waals surface area contributed by atoms with Gasteiger partial charge in [0.2, 0.25) is 12.2 Å². The smallest absolute Gasteiger partial charge is 0.211 e. The van der Waals surface area contributed by atoms with E-state index < -0.39 is 6.17 Å². The summed E-state index contributed by atoms with van der Waals surface area (Å²) in [4.78, 5) is 27.9. The van der Waals surface area contributed by atoms with Gasteiger partial charge in [-0.25, -0.2) is 9.59 Å². The number of hydrogen-bond donors (Lipinski definition) is 0. The van der Waals surface area contributed by atoms with Gasteiger partial charge in [0.05, 0.1) is 0 Å². The molecule has 0 unspecified atom stereocenters. The molecular weight excluding hydrogens is 240 g/mol. The van der Waals surface area contributed by atoms with Crippen LogP contribution in [0.3, 0.4) is 0 Å². The number of isocyanates is 2. The first-order valence-corrected chi connectivity index (χ1v) is 6.54. The summed E-state index contributed by atoms with van der Waals surface area (Å²) in [5, 5.41) is 0. The van der Waals surface area contributed by atoms with Crippen molar-refractivity contribution in [3.05, 3.63) is 35.9 Å². The molecule has 0 saturated heterocycles. The van der Waals surface area contributed by atoms with Crippen molar-refractivity contribution in [1.82, 2.24) is 0 Å². The van der Waals surface area contributed by atoms with Crippen LogP contribution in [0, 0.1) is 5.92 Å². The highest BCUT2D eigenvalue weighted by molar-refractivity contribution is 5.37. The van der Waals surface area contributed by atoms with Crippen LogP contribution in [0.25, 0.3) is 0 Å². The summed E-state index contributed by atoms with van der Waals surface area (Å²) >= 11 is 0. The molecule has 0 spiro atoms. The minimum atomic E-state index is -0.591. The van der Waals surface area contributed by atoms with Crippen LogP contribution in [0.1, 0.15) is 37.2 Å². The van der Waals surface area contributed by atoms with Gasteiger partial charge in [-0.2, -0.15) is 9.98 Å². The van der Waals surface area contributed by atoms with E-state index in [4.69, 9.17) is 0 Å². The van der Waals surface area contributed by atoms with Crippen molar-refractivity contribution < 1.29 is 9.59 Å². The lowest BCUT2D eigenvalue weighted by Crippen LogP contribution is -2.22. The Kier molecular flexibility index (Phi) is 4.79. The molecule has 98 valence electrons. The van der Waals surface area contributed by atoms with Crippen LogP contribution < -0.4 is 0 Å². The summed E-state index contributed by atoms with van der Waals surface area (Å²) in [6.45, 7) is 0. The van der Waals surface area contributed by atoms with Gasteiger partial charge in [0.1, 0.15) is 0 Å². The minimum Gasteiger partial charge on any atom is -0.211 e. The van der Waals surface area contributed by atoms with E-state index in [1.165, 1.54) is 17.7 Å². The summed E-state index contributed by atoms with van der Waals surface area (Å²) in [5.74, 6) is 0.710. The molecule has 4 nitrogen and oxygen atoms in total. The van der Waals surface area contributed by atoms with Crippen LogP contribution in [-0.2, 0) is 9.59 Å². The molecule has 0 aromatic heterocycles. The molecule has 1 saturated carbocycles. The number of aliphatic imine (C=N–C) groups is 2. The highest BCUT2D eigenvalue weighted by Gasteiger charge is 2.28. The second kappa shape index (κ2) is 6.79. The molecular formula is C15H16N2O2. The topological polar surface area (TPSA) is 58.9 Å². The first-order valence-electron chi connectivity index (χ1n) is 6.54. The van der Waals surface area contributed by atoms with Crippen molar-refractivity contribution in [3.63, 3.8) is 0 Å². The van der Waals surface area contributed by atoms with E-state index in [-0.39, 0.29) is 5.92 Å². The van der Waals surface area contributed by atoms with E-state index in [9.17, 15) is 9.59 Å². The fourth-order valence-corrected chi connectivity index (χ4v) is 2.82. The van der Waals surface area contributed by atoms with Crippen molar-refractivity contribution >= 4 is 12.2 Å². The molecule has 0 atom stereocenters. The fraction of sp³-hybridized carbons (Fsp3) is 0.467. The summed E-state index contributed by atoms with van der Waals surface area (Å²) in [6, 6.07) is 10.4. The number of nitrogens with zero attached hydrogens (tertiary/aromatic N) is 2. The number of rotatable bonds is 4. The fourth-order valence-electron chi connectivity index (χ4n) is 2.82. The predicted molar refractivity (Wildman–Crippen MR) is 71.2 cm³/mol. The van der Waals surface area contributed by atoms with E-state index in [1.807, 2.05) is 6.07 Å². The molecule has 1 aromatic carbocycles. The SMILES string of the molecule is O=C=NC(N=C=O)C1CCC(c2ccccc2)CC1. The molecule has 1 aliphatic carbocycles. The monoisotopic (exact) mass is 256 g/mol. The van der Waals surface area contributed by atoms with E-state index >= 15 is 0 Å². The van der Waals surface area contributed by atoms with E-state index in [0.717, 1.165) is 25.7 Å². The zero-order valence-corrected chi connectivity index (χ0v) is 10.7. The van der Waals surface area contributed by atoms with Crippen molar-refractivity contribution in [1.29, 1.82) is 0 Å². The van der Waals surface area contributed by atoms with Crippen LogP contribution in [0.5, 0.6) is 0 Å². The quantitative estimate of drug-likeness (QED) is 0.614. The normalized spacial score (nSPS) is 23.8. The second-order valence-electron chi connectivity index (χ2n) is 4.88. The van der Waals surface area contributed by atoms with Gasteiger partial charge in [0.15, 0.2) is 6.17 Å². The van der Waals surface area contributed by atoms with Gasteiger partial charge in [-0.1, -0.05) is 30.3 Å². The van der Waals surface area contributed by atoms with E-state index in [1.54, 1.807) is 0 Å². The Bertz CT molecular complexity index is 476. The van der Waals surface area contributed by atoms with Crippen molar-refractivity contribution in [2.75, 3.05) is 0 Å². The molecule has 1 aromatic rings. The van der Waals surface area contributed by atoms with Gasteiger partial charge >= 0.3 is 0 Å². The standard InChI is InChI=1S/C15H16N2O2/c18-10-16-15(17-11-19)14-8-6-13(7-9-14)12-4-2-1-3-5-12/h1-5,13-15H,6-9H2. The van der Waals surface area contributed by atoms with Crippen molar-refractivity contribution in [2.45, 2.75) is 37.8 Å². The largest absolute Gasteiger partial charge is 0.237 e. The summed E-state index contributed by atoms with van der Waals surface area (Å²) < 4.78 is 0. The van der Waals surface area contributed by atoms with Crippen molar-refractivity contribution in [2.24, 2.45) is 15.9 Å². The molecule has 0 heterocycles. The highest BCUT2D eigenvalue weighted by Crippen LogP contribution is 2.37. The Morgan fingerprint density at radius 3 is 2.05 bits per heavy atom. The molecule has 0 radical (unpaired) electrons. The molecule has 19 heavy (non-hydrogen) atoms. The summed E-state index contributed by atoms with van der Waals surface area (Å²) in [5.41, 5.74) is 1.36. The maximum absolute atomic E-state index is 10.3. The van der Waals surface area contributed by atoms with Crippen LogP contribution in [0.15, 0.2) is 40.3 Å². The molecule has 0 N–H and O–H groups in total. The molecule has 1 fully saturated rings. The minimum absolute atomic E-state index is 0.155. The third-order valence-electron chi connectivity index (χ3n) is 3.83. The van der Waals surface area contributed by atoms with Crippen LogP contribution in [0.2, 0.25) is 0 Å². The first kappa shape index (κ1) is 13.4. The van der Waals surface area contributed by atoms with Gasteiger partial charge in [0, 0.05) is 5.92 Å². The van der Waals surface area contributed by atoms with Gasteiger partial charge in [-0.15, -0.1) is 0 Å². The lowest BCUT2D eigenvalue weighted by atomic mass is 9.77. The van der Waals surface area contributed by atoms with Gasteiger partial charge in [-0.05, 0) is 37.2 Å². The third kappa shape index (κ3) is 3.47. The predicted octanol–water partition coefficient (Wildman–Crippen LogP) is 2.96. The average Bonchev–Trinajstić information content (AvgIpc) is 2.48. The highest BCUT2D eigenvalue weighted by atomic mass is 16.1. The molecule has 2 rings (SSSR count). The second-order valence-corrected chi connectivity index (χ2v) is 4.88. The summed E-state index contributed by atoms with van der Waals surface area (Å²) in [7, 11) is 0. The third-order valence-corrected chi connectivity index (χ3v) is 3.83. The Morgan fingerprint density at radius 2 is 1.53 bits per heavy atom. The van der Waals surface area contributed by atoms with Gasteiger partial charge < -0.3 is 0 Å². The zero-order chi connectivity index (χ0) is 13.5. The number of benzene rings is 1. The molecule has 0 aliphatic heterocycles.